The summed E-state index contributed by atoms with van der Waals surface area (Å²) in [6.07, 6.45) is 0.132. The predicted molar refractivity (Wildman–Crippen MR) is 80.1 cm³/mol. The molecule has 20 heavy (non-hydrogen) atoms. The van der Waals surface area contributed by atoms with Crippen LogP contribution in [0.3, 0.4) is 0 Å². The lowest BCUT2D eigenvalue weighted by molar-refractivity contribution is 0.00578. The van der Waals surface area contributed by atoms with Gasteiger partial charge in [-0.2, -0.15) is 0 Å². The van der Waals surface area contributed by atoms with Gasteiger partial charge in [-0.05, 0) is 59.6 Å². The molecule has 1 saturated heterocycles. The molecule has 2 rings (SSSR count). The van der Waals surface area contributed by atoms with Crippen LogP contribution in [-0.2, 0) is 15.7 Å². The summed E-state index contributed by atoms with van der Waals surface area (Å²) in [5.74, 6) is 0. The average Bonchev–Trinajstić information content (AvgIpc) is 2.50. The van der Waals surface area contributed by atoms with Crippen molar-refractivity contribution < 1.29 is 14.4 Å². The van der Waals surface area contributed by atoms with Crippen molar-refractivity contribution in [2.24, 2.45) is 0 Å². The number of nitrogens with zero attached hydrogens (tertiary/aromatic N) is 1. The van der Waals surface area contributed by atoms with Gasteiger partial charge in [-0.3, -0.25) is 4.98 Å². The van der Waals surface area contributed by atoms with Crippen LogP contribution in [0.1, 0.15) is 45.9 Å². The highest BCUT2D eigenvalue weighted by Crippen LogP contribution is 2.36. The van der Waals surface area contributed by atoms with Gasteiger partial charge in [0.1, 0.15) is 0 Å². The number of pyridine rings is 1. The van der Waals surface area contributed by atoms with E-state index in [4.69, 9.17) is 9.31 Å². The van der Waals surface area contributed by atoms with Crippen molar-refractivity contribution in [3.8, 4) is 0 Å². The van der Waals surface area contributed by atoms with Crippen molar-refractivity contribution >= 4 is 12.7 Å². The molecule has 4 nitrogen and oxygen atoms in total. The molecule has 1 N–H and O–H groups in total. The number of aliphatic hydroxyl groups excluding tert-OH is 1. The van der Waals surface area contributed by atoms with E-state index in [2.05, 4.69) is 4.98 Å². The maximum absolute atomic E-state index is 9.64. The summed E-state index contributed by atoms with van der Waals surface area (Å²) in [6, 6.07) is 3.95. The molecule has 0 aromatic carbocycles. The van der Waals surface area contributed by atoms with Crippen LogP contribution in [0.25, 0.3) is 0 Å². The molecule has 2 heterocycles. The fourth-order valence-electron chi connectivity index (χ4n) is 2.26. The normalized spacial score (nSPS) is 22.1. The zero-order valence-corrected chi connectivity index (χ0v) is 13.2. The van der Waals surface area contributed by atoms with Gasteiger partial charge in [-0.15, -0.1) is 0 Å². The number of hydrogen-bond donors (Lipinski definition) is 1. The first-order chi connectivity index (χ1) is 9.12. The lowest BCUT2D eigenvalue weighted by atomic mass is 9.79. The van der Waals surface area contributed by atoms with E-state index in [9.17, 15) is 5.11 Å². The molecule has 0 radical (unpaired) electrons. The Bertz CT molecular complexity index is 484. The van der Waals surface area contributed by atoms with Crippen molar-refractivity contribution in [3.05, 3.63) is 23.4 Å². The third-order valence-electron chi connectivity index (χ3n) is 4.14. The molecule has 5 heteroatoms. The molecule has 1 unspecified atom stereocenters. The van der Waals surface area contributed by atoms with Crippen LogP contribution in [0, 0.1) is 6.92 Å². The van der Waals surface area contributed by atoms with Gasteiger partial charge < -0.3 is 14.4 Å². The Labute approximate surface area is 121 Å². The first-order valence-electron chi connectivity index (χ1n) is 7.12. The fraction of sp³-hybridized carbons (Fsp3) is 0.667. The standard InChI is InChI=1S/C15H24BNO3/c1-10-7-8-12(9-11(2)18)13(17-10)16-19-14(3,4)15(5,6)20-16/h7-8,11,18H,9H2,1-6H3. The highest BCUT2D eigenvalue weighted by atomic mass is 16.7. The minimum absolute atomic E-state index is 0.384. The van der Waals surface area contributed by atoms with Crippen LogP contribution in [0.4, 0.5) is 0 Å². The zero-order valence-electron chi connectivity index (χ0n) is 13.2. The van der Waals surface area contributed by atoms with Crippen molar-refractivity contribution in [2.45, 2.75) is 65.3 Å². The Morgan fingerprint density at radius 3 is 2.25 bits per heavy atom. The van der Waals surface area contributed by atoms with Crippen molar-refractivity contribution in [1.29, 1.82) is 0 Å². The smallest absolute Gasteiger partial charge is 0.398 e. The second kappa shape index (κ2) is 5.13. The molecule has 0 spiro atoms. The Balaban J connectivity index is 2.36. The quantitative estimate of drug-likeness (QED) is 0.853. The van der Waals surface area contributed by atoms with Crippen molar-refractivity contribution in [1.82, 2.24) is 4.98 Å². The van der Waals surface area contributed by atoms with Gasteiger partial charge in [-0.25, -0.2) is 0 Å². The number of rotatable bonds is 3. The molecule has 1 aromatic rings. The minimum atomic E-state index is -0.478. The summed E-state index contributed by atoms with van der Waals surface area (Å²) in [6.45, 7) is 11.8. The van der Waals surface area contributed by atoms with Gasteiger partial charge in [0, 0.05) is 5.69 Å². The van der Waals surface area contributed by atoms with E-state index in [0.29, 0.717) is 6.42 Å². The van der Waals surface area contributed by atoms with Crippen LogP contribution in [0.2, 0.25) is 0 Å². The monoisotopic (exact) mass is 277 g/mol. The predicted octanol–water partition coefficient (Wildman–Crippen LogP) is 1.61. The van der Waals surface area contributed by atoms with E-state index in [1.165, 1.54) is 0 Å². The van der Waals surface area contributed by atoms with Crippen molar-refractivity contribution in [2.75, 3.05) is 0 Å². The molecule has 1 aromatic heterocycles. The second-order valence-corrected chi connectivity index (χ2v) is 6.64. The summed E-state index contributed by atoms with van der Waals surface area (Å²) in [7, 11) is -0.478. The largest absolute Gasteiger partial charge is 0.514 e. The number of aliphatic hydroxyl groups is 1. The molecule has 0 aliphatic carbocycles. The zero-order chi connectivity index (χ0) is 15.1. The molecular weight excluding hydrogens is 253 g/mol. The molecule has 110 valence electrons. The highest BCUT2D eigenvalue weighted by Gasteiger charge is 2.52. The van der Waals surface area contributed by atoms with E-state index in [-0.39, 0.29) is 11.2 Å². The van der Waals surface area contributed by atoms with E-state index in [1.54, 1.807) is 6.92 Å². The summed E-state index contributed by atoms with van der Waals surface area (Å²) in [4.78, 5) is 4.58. The Kier molecular flexibility index (Phi) is 3.97. The summed E-state index contributed by atoms with van der Waals surface area (Å²) >= 11 is 0. The molecule has 0 amide bonds. The fourth-order valence-corrected chi connectivity index (χ4v) is 2.26. The molecule has 1 atom stereocenters. The van der Waals surface area contributed by atoms with Crippen LogP contribution < -0.4 is 5.59 Å². The van der Waals surface area contributed by atoms with Gasteiger partial charge in [0.2, 0.25) is 0 Å². The summed E-state index contributed by atoms with van der Waals surface area (Å²) < 4.78 is 12.1. The molecule has 1 aliphatic rings. The first kappa shape index (κ1) is 15.5. The summed E-state index contributed by atoms with van der Waals surface area (Å²) in [5.41, 5.74) is 1.91. The van der Waals surface area contributed by atoms with Crippen LogP contribution in [0.5, 0.6) is 0 Å². The average molecular weight is 277 g/mol. The third-order valence-corrected chi connectivity index (χ3v) is 4.14. The third kappa shape index (κ3) is 2.90. The van der Waals surface area contributed by atoms with E-state index < -0.39 is 13.2 Å². The van der Waals surface area contributed by atoms with Gasteiger partial charge in [0.25, 0.3) is 0 Å². The lowest BCUT2D eigenvalue weighted by Gasteiger charge is -2.32. The van der Waals surface area contributed by atoms with Gasteiger partial charge in [-0.1, -0.05) is 6.07 Å². The van der Waals surface area contributed by atoms with Gasteiger partial charge >= 0.3 is 7.12 Å². The molecular formula is C15H24BNO3. The molecule has 0 saturated carbocycles. The van der Waals surface area contributed by atoms with Gasteiger partial charge in [0.05, 0.1) is 22.9 Å². The van der Waals surface area contributed by atoms with E-state index >= 15 is 0 Å². The van der Waals surface area contributed by atoms with Crippen LogP contribution >= 0.6 is 0 Å². The maximum atomic E-state index is 9.64. The van der Waals surface area contributed by atoms with Crippen molar-refractivity contribution in [3.63, 3.8) is 0 Å². The number of aromatic nitrogens is 1. The topological polar surface area (TPSA) is 51.6 Å². The molecule has 0 bridgehead atoms. The highest BCUT2D eigenvalue weighted by molar-refractivity contribution is 6.61. The molecule has 1 aliphatic heterocycles. The molecule has 1 fully saturated rings. The van der Waals surface area contributed by atoms with Gasteiger partial charge in [0.15, 0.2) is 0 Å². The van der Waals surface area contributed by atoms with E-state index in [0.717, 1.165) is 16.9 Å². The van der Waals surface area contributed by atoms with Crippen LogP contribution in [-0.4, -0.2) is 34.5 Å². The number of aryl methyl sites for hydroxylation is 1. The minimum Gasteiger partial charge on any atom is -0.398 e. The first-order valence-corrected chi connectivity index (χ1v) is 7.12. The second-order valence-electron chi connectivity index (χ2n) is 6.64. The Hall–Kier alpha value is -0.905. The SMILES string of the molecule is Cc1ccc(CC(C)O)c(B2OC(C)(C)C(C)(C)O2)n1. The Morgan fingerprint density at radius 2 is 1.75 bits per heavy atom. The van der Waals surface area contributed by atoms with E-state index in [1.807, 2.05) is 46.8 Å². The maximum Gasteiger partial charge on any atom is 0.514 e. The summed E-state index contributed by atoms with van der Waals surface area (Å²) in [5, 5.41) is 9.64. The lowest BCUT2D eigenvalue weighted by Crippen LogP contribution is -2.41. The van der Waals surface area contributed by atoms with Crippen LogP contribution in [0.15, 0.2) is 12.1 Å². The number of hydrogen-bond acceptors (Lipinski definition) is 4. The Morgan fingerprint density at radius 1 is 1.20 bits per heavy atom.